The van der Waals surface area contributed by atoms with E-state index in [1.165, 1.54) is 12.1 Å². The van der Waals surface area contributed by atoms with Crippen LogP contribution in [-0.4, -0.2) is 59.4 Å². The van der Waals surface area contributed by atoms with Crippen LogP contribution in [0.3, 0.4) is 0 Å². The molecule has 30 heavy (non-hydrogen) atoms. The molecule has 0 atom stereocenters. The molecule has 160 valence electrons. The summed E-state index contributed by atoms with van der Waals surface area (Å²) in [7, 11) is 0. The first-order valence-corrected chi connectivity index (χ1v) is 9.49. The number of nitrogens with zero attached hydrogens (tertiary/aromatic N) is 2. The molecule has 1 fully saturated rings. The highest BCUT2D eigenvalue weighted by atomic mass is 35.5. The van der Waals surface area contributed by atoms with Crippen molar-refractivity contribution in [2.24, 2.45) is 0 Å². The summed E-state index contributed by atoms with van der Waals surface area (Å²) in [5.41, 5.74) is -0.796. The van der Waals surface area contributed by atoms with Gasteiger partial charge < -0.3 is 15.3 Å². The molecule has 0 saturated carbocycles. The van der Waals surface area contributed by atoms with Gasteiger partial charge in [0.25, 0.3) is 5.91 Å². The predicted octanol–water partition coefficient (Wildman–Crippen LogP) is 3.46. The van der Waals surface area contributed by atoms with Crippen molar-refractivity contribution >= 4 is 29.1 Å². The molecule has 1 aliphatic rings. The van der Waals surface area contributed by atoms with Gasteiger partial charge in [-0.15, -0.1) is 0 Å². The molecule has 1 saturated heterocycles. The predicted molar refractivity (Wildman–Crippen MR) is 106 cm³/mol. The van der Waals surface area contributed by atoms with Gasteiger partial charge in [0.05, 0.1) is 22.7 Å². The molecular formula is C20H19ClF3N3O3. The lowest BCUT2D eigenvalue weighted by atomic mass is 10.1. The van der Waals surface area contributed by atoms with Crippen molar-refractivity contribution in [3.8, 4) is 5.75 Å². The minimum Gasteiger partial charge on any atom is -0.507 e. The van der Waals surface area contributed by atoms with Crippen molar-refractivity contribution in [2.45, 2.75) is 6.18 Å². The van der Waals surface area contributed by atoms with Gasteiger partial charge in [-0.1, -0.05) is 23.7 Å². The van der Waals surface area contributed by atoms with Crippen molar-refractivity contribution in [3.63, 3.8) is 0 Å². The van der Waals surface area contributed by atoms with Crippen molar-refractivity contribution in [3.05, 3.63) is 58.6 Å². The normalized spacial score (nSPS) is 15.1. The number of hydrogen-bond acceptors (Lipinski definition) is 4. The second-order valence-electron chi connectivity index (χ2n) is 6.83. The van der Waals surface area contributed by atoms with Crippen LogP contribution in [0.15, 0.2) is 42.5 Å². The third kappa shape index (κ3) is 5.22. The summed E-state index contributed by atoms with van der Waals surface area (Å²) in [5, 5.41) is 11.8. The Balaban J connectivity index is 1.53. The summed E-state index contributed by atoms with van der Waals surface area (Å²) in [6.07, 6.45) is -4.62. The Labute approximate surface area is 175 Å². The second-order valence-corrected chi connectivity index (χ2v) is 7.23. The molecule has 2 aromatic rings. The zero-order valence-electron chi connectivity index (χ0n) is 15.7. The molecule has 0 unspecified atom stereocenters. The van der Waals surface area contributed by atoms with Crippen molar-refractivity contribution in [1.29, 1.82) is 0 Å². The fraction of sp³-hybridized carbons (Fsp3) is 0.300. The van der Waals surface area contributed by atoms with Crippen LogP contribution < -0.4 is 5.32 Å². The topological polar surface area (TPSA) is 72.9 Å². The van der Waals surface area contributed by atoms with E-state index in [4.69, 9.17) is 11.6 Å². The average Bonchev–Trinajstić information content (AvgIpc) is 2.69. The largest absolute Gasteiger partial charge is 0.507 e. The van der Waals surface area contributed by atoms with Gasteiger partial charge in [0.15, 0.2) is 0 Å². The van der Waals surface area contributed by atoms with E-state index < -0.39 is 22.7 Å². The van der Waals surface area contributed by atoms with Crippen molar-refractivity contribution in [1.82, 2.24) is 9.80 Å². The van der Waals surface area contributed by atoms with Crippen LogP contribution in [0.4, 0.5) is 18.9 Å². The van der Waals surface area contributed by atoms with Crippen LogP contribution in [0.5, 0.6) is 5.75 Å². The Morgan fingerprint density at radius 2 is 1.73 bits per heavy atom. The van der Waals surface area contributed by atoms with Crippen molar-refractivity contribution in [2.75, 3.05) is 38.0 Å². The van der Waals surface area contributed by atoms with Gasteiger partial charge in [0.2, 0.25) is 5.91 Å². The minimum atomic E-state index is -4.62. The number of benzene rings is 2. The summed E-state index contributed by atoms with van der Waals surface area (Å²) in [5.74, 6) is -0.852. The van der Waals surface area contributed by atoms with Crippen LogP contribution >= 0.6 is 11.6 Å². The SMILES string of the molecule is O=C(CN1CCN(C(=O)c2ccccc2O)CC1)Nc1ccc(Cl)c(C(F)(F)F)c1. The van der Waals surface area contributed by atoms with E-state index in [1.807, 2.05) is 0 Å². The van der Waals surface area contributed by atoms with E-state index >= 15 is 0 Å². The summed E-state index contributed by atoms with van der Waals surface area (Å²) in [4.78, 5) is 28.1. The average molecular weight is 442 g/mol. The van der Waals surface area contributed by atoms with Crippen LogP contribution in [-0.2, 0) is 11.0 Å². The first-order valence-electron chi connectivity index (χ1n) is 9.11. The maximum Gasteiger partial charge on any atom is 0.417 e. The fourth-order valence-electron chi connectivity index (χ4n) is 3.16. The monoisotopic (exact) mass is 441 g/mol. The van der Waals surface area contributed by atoms with Crippen LogP contribution in [0, 0.1) is 0 Å². The van der Waals surface area contributed by atoms with Gasteiger partial charge in [-0.3, -0.25) is 14.5 Å². The lowest BCUT2D eigenvalue weighted by Crippen LogP contribution is -2.50. The number of rotatable bonds is 4. The molecule has 1 heterocycles. The molecule has 0 radical (unpaired) electrons. The zero-order chi connectivity index (χ0) is 21.9. The number of anilines is 1. The number of carbonyl (C=O) groups is 2. The third-order valence-electron chi connectivity index (χ3n) is 4.72. The van der Waals surface area contributed by atoms with Gasteiger partial charge in [-0.2, -0.15) is 13.2 Å². The van der Waals surface area contributed by atoms with Gasteiger partial charge in [-0.25, -0.2) is 0 Å². The molecule has 2 aromatic carbocycles. The number of nitrogens with one attached hydrogen (secondary N) is 1. The third-order valence-corrected chi connectivity index (χ3v) is 5.05. The lowest BCUT2D eigenvalue weighted by Gasteiger charge is -2.34. The summed E-state index contributed by atoms with van der Waals surface area (Å²) in [6, 6.07) is 9.45. The van der Waals surface area contributed by atoms with E-state index in [1.54, 1.807) is 28.0 Å². The van der Waals surface area contributed by atoms with Crippen LogP contribution in [0.2, 0.25) is 5.02 Å². The fourth-order valence-corrected chi connectivity index (χ4v) is 3.38. The Kier molecular flexibility index (Phi) is 6.52. The summed E-state index contributed by atoms with van der Waals surface area (Å²) in [6.45, 7) is 1.53. The number of carbonyl (C=O) groups excluding carboxylic acids is 2. The van der Waals surface area contributed by atoms with Gasteiger partial charge >= 0.3 is 6.18 Å². The Hall–Kier alpha value is -2.78. The van der Waals surface area contributed by atoms with E-state index in [9.17, 15) is 27.9 Å². The number of para-hydroxylation sites is 1. The molecule has 6 nitrogen and oxygen atoms in total. The number of phenolic OH excluding ortho intramolecular Hbond substituents is 1. The lowest BCUT2D eigenvalue weighted by molar-refractivity contribution is -0.137. The highest BCUT2D eigenvalue weighted by Gasteiger charge is 2.33. The molecule has 0 aromatic heterocycles. The molecule has 2 N–H and O–H groups in total. The molecule has 3 rings (SSSR count). The van der Waals surface area contributed by atoms with Gasteiger partial charge in [0.1, 0.15) is 5.75 Å². The number of alkyl halides is 3. The molecule has 0 aliphatic carbocycles. The molecular weight excluding hydrogens is 423 g/mol. The van der Waals surface area contributed by atoms with E-state index in [-0.39, 0.29) is 29.5 Å². The number of amides is 2. The van der Waals surface area contributed by atoms with Crippen LogP contribution in [0.25, 0.3) is 0 Å². The molecule has 2 amide bonds. The Bertz CT molecular complexity index is 944. The molecule has 0 bridgehead atoms. The quantitative estimate of drug-likeness (QED) is 0.762. The highest BCUT2D eigenvalue weighted by Crippen LogP contribution is 2.36. The number of halogens is 4. The van der Waals surface area contributed by atoms with E-state index in [0.29, 0.717) is 26.2 Å². The molecule has 10 heteroatoms. The number of phenols is 1. The smallest absolute Gasteiger partial charge is 0.417 e. The zero-order valence-corrected chi connectivity index (χ0v) is 16.5. The summed E-state index contributed by atoms with van der Waals surface area (Å²) >= 11 is 5.58. The van der Waals surface area contributed by atoms with Gasteiger partial charge in [0, 0.05) is 31.9 Å². The maximum atomic E-state index is 12.9. The van der Waals surface area contributed by atoms with Crippen molar-refractivity contribution < 1.29 is 27.9 Å². The van der Waals surface area contributed by atoms with E-state index in [2.05, 4.69) is 5.32 Å². The second kappa shape index (κ2) is 8.93. The first-order chi connectivity index (χ1) is 14.1. The number of piperazine rings is 1. The Morgan fingerprint density at radius 3 is 2.37 bits per heavy atom. The Morgan fingerprint density at radius 1 is 1.07 bits per heavy atom. The van der Waals surface area contributed by atoms with Gasteiger partial charge in [-0.05, 0) is 30.3 Å². The molecule has 0 spiro atoms. The number of hydrogen-bond donors (Lipinski definition) is 2. The highest BCUT2D eigenvalue weighted by molar-refractivity contribution is 6.31. The minimum absolute atomic E-state index is 0.00471. The number of aromatic hydroxyl groups is 1. The molecule has 1 aliphatic heterocycles. The first kappa shape index (κ1) is 21.9. The van der Waals surface area contributed by atoms with Crippen LogP contribution in [0.1, 0.15) is 15.9 Å². The maximum absolute atomic E-state index is 12.9. The summed E-state index contributed by atoms with van der Waals surface area (Å²) < 4.78 is 38.8. The van der Waals surface area contributed by atoms with E-state index in [0.717, 1.165) is 12.1 Å². The standard InChI is InChI=1S/C20H19ClF3N3O3/c21-16-6-5-13(11-15(16)20(22,23)24)25-18(29)12-26-7-9-27(10-8-26)19(30)14-3-1-2-4-17(14)28/h1-6,11,28H,7-10,12H2,(H,25,29).